The number of carbonyl (C=O) groups is 1. The second kappa shape index (κ2) is 7.83. The van der Waals surface area contributed by atoms with Crippen molar-refractivity contribution in [2.45, 2.75) is 5.79 Å². The standard InChI is InChI=1S/C23H24FN3O3/c24-19-8-2-4-10-21(19)26-13-11-25(12-14-26)17-27-20-9-3-1-7-18(20)23(22(27)28)29-15-5-6-16-30-23/h1-10H,11-17H2. The molecule has 1 spiro atoms. The Labute approximate surface area is 175 Å². The quantitative estimate of drug-likeness (QED) is 0.730. The first-order valence-corrected chi connectivity index (χ1v) is 10.3. The van der Waals surface area contributed by atoms with Gasteiger partial charge in [0.25, 0.3) is 11.7 Å². The summed E-state index contributed by atoms with van der Waals surface area (Å²) in [5.41, 5.74) is 2.20. The molecule has 1 saturated heterocycles. The zero-order valence-electron chi connectivity index (χ0n) is 16.7. The van der Waals surface area contributed by atoms with Crippen LogP contribution in [0.1, 0.15) is 5.56 Å². The fraction of sp³-hybridized carbons (Fsp3) is 0.348. The molecule has 1 amide bonds. The molecule has 0 unspecified atom stereocenters. The molecule has 3 heterocycles. The van der Waals surface area contributed by atoms with Crippen LogP contribution in [0.4, 0.5) is 15.8 Å². The van der Waals surface area contributed by atoms with E-state index in [1.807, 2.05) is 48.6 Å². The summed E-state index contributed by atoms with van der Waals surface area (Å²) in [4.78, 5) is 19.5. The zero-order chi connectivity index (χ0) is 20.6. The molecule has 0 radical (unpaired) electrons. The van der Waals surface area contributed by atoms with Gasteiger partial charge in [-0.1, -0.05) is 42.5 Å². The third-order valence-electron chi connectivity index (χ3n) is 5.92. The molecule has 0 aliphatic carbocycles. The molecule has 1 fully saturated rings. The topological polar surface area (TPSA) is 45.3 Å². The molecule has 30 heavy (non-hydrogen) atoms. The maximum absolute atomic E-state index is 14.1. The summed E-state index contributed by atoms with van der Waals surface area (Å²) in [6.07, 6.45) is 3.74. The summed E-state index contributed by atoms with van der Waals surface area (Å²) in [5.74, 6) is -1.77. The lowest BCUT2D eigenvalue weighted by Crippen LogP contribution is -2.53. The molecule has 7 heteroatoms. The van der Waals surface area contributed by atoms with Crippen molar-refractivity contribution < 1.29 is 18.7 Å². The van der Waals surface area contributed by atoms with Crippen LogP contribution in [0.2, 0.25) is 0 Å². The van der Waals surface area contributed by atoms with Crippen molar-refractivity contribution in [3.63, 3.8) is 0 Å². The molecule has 2 aromatic carbocycles. The summed E-state index contributed by atoms with van der Waals surface area (Å²) in [7, 11) is 0. The number of hydrogen-bond acceptors (Lipinski definition) is 5. The lowest BCUT2D eigenvalue weighted by atomic mass is 10.1. The first kappa shape index (κ1) is 19.2. The molecule has 0 N–H and O–H groups in total. The van der Waals surface area contributed by atoms with Gasteiger partial charge in [-0.05, 0) is 18.2 Å². The third kappa shape index (κ3) is 3.19. The maximum Gasteiger partial charge on any atom is 0.293 e. The Bertz CT molecular complexity index is 962. The van der Waals surface area contributed by atoms with E-state index in [2.05, 4.69) is 9.80 Å². The van der Waals surface area contributed by atoms with E-state index in [-0.39, 0.29) is 11.7 Å². The minimum atomic E-state index is -1.38. The Hall–Kier alpha value is -2.74. The second-order valence-electron chi connectivity index (χ2n) is 7.66. The van der Waals surface area contributed by atoms with Gasteiger partial charge in [-0.25, -0.2) is 4.39 Å². The number of benzene rings is 2. The van der Waals surface area contributed by atoms with E-state index in [1.165, 1.54) is 6.07 Å². The predicted octanol–water partition coefficient (Wildman–Crippen LogP) is 2.71. The molecule has 6 nitrogen and oxygen atoms in total. The average Bonchev–Trinajstić information content (AvgIpc) is 2.94. The van der Waals surface area contributed by atoms with Crippen LogP contribution in [0.15, 0.2) is 60.7 Å². The highest BCUT2D eigenvalue weighted by Gasteiger charge is 2.54. The van der Waals surface area contributed by atoms with Gasteiger partial charge in [-0.15, -0.1) is 0 Å². The van der Waals surface area contributed by atoms with Crippen molar-refractivity contribution in [1.29, 1.82) is 0 Å². The number of piperazine rings is 1. The maximum atomic E-state index is 14.1. The minimum absolute atomic E-state index is 0.191. The van der Waals surface area contributed by atoms with Crippen LogP contribution in [0, 0.1) is 5.82 Å². The van der Waals surface area contributed by atoms with Gasteiger partial charge < -0.3 is 14.4 Å². The van der Waals surface area contributed by atoms with Crippen molar-refractivity contribution in [3.8, 4) is 0 Å². The fourth-order valence-electron chi connectivity index (χ4n) is 4.36. The van der Waals surface area contributed by atoms with E-state index in [9.17, 15) is 9.18 Å². The molecule has 3 aliphatic heterocycles. The molecule has 5 rings (SSSR count). The summed E-state index contributed by atoms with van der Waals surface area (Å²) in [5, 5.41) is 0. The molecular formula is C23H24FN3O3. The van der Waals surface area contributed by atoms with Crippen LogP contribution >= 0.6 is 0 Å². The van der Waals surface area contributed by atoms with E-state index < -0.39 is 5.79 Å². The Balaban J connectivity index is 1.32. The normalized spacial score (nSPS) is 21.2. The summed E-state index contributed by atoms with van der Waals surface area (Å²) >= 11 is 0. The number of amides is 1. The van der Waals surface area contributed by atoms with Crippen LogP contribution in [-0.4, -0.2) is 56.9 Å². The summed E-state index contributed by atoms with van der Waals surface area (Å²) in [6, 6.07) is 14.5. The van der Waals surface area contributed by atoms with Crippen molar-refractivity contribution >= 4 is 17.3 Å². The SMILES string of the molecule is O=C1N(CN2CCN(c3ccccc3F)CC2)c2ccccc2C12OCC=CCO2. The van der Waals surface area contributed by atoms with E-state index in [0.717, 1.165) is 24.3 Å². The molecular weight excluding hydrogens is 385 g/mol. The van der Waals surface area contributed by atoms with Gasteiger partial charge >= 0.3 is 0 Å². The van der Waals surface area contributed by atoms with Gasteiger partial charge in [0.1, 0.15) is 5.82 Å². The number of anilines is 2. The number of halogens is 1. The van der Waals surface area contributed by atoms with Crippen LogP contribution < -0.4 is 9.80 Å². The predicted molar refractivity (Wildman–Crippen MR) is 112 cm³/mol. The van der Waals surface area contributed by atoms with Crippen LogP contribution in [0.25, 0.3) is 0 Å². The minimum Gasteiger partial charge on any atom is -0.367 e. The molecule has 0 atom stereocenters. The average molecular weight is 409 g/mol. The zero-order valence-corrected chi connectivity index (χ0v) is 16.7. The van der Waals surface area contributed by atoms with E-state index in [4.69, 9.17) is 9.47 Å². The lowest BCUT2D eigenvalue weighted by Gasteiger charge is -2.38. The largest absolute Gasteiger partial charge is 0.367 e. The van der Waals surface area contributed by atoms with Crippen molar-refractivity contribution in [2.24, 2.45) is 0 Å². The second-order valence-corrected chi connectivity index (χ2v) is 7.66. The number of para-hydroxylation sites is 2. The number of nitrogens with zero attached hydrogens (tertiary/aromatic N) is 3. The Morgan fingerprint density at radius 2 is 1.50 bits per heavy atom. The first-order valence-electron chi connectivity index (χ1n) is 10.3. The van der Waals surface area contributed by atoms with Gasteiger partial charge in [0.05, 0.1) is 31.3 Å². The van der Waals surface area contributed by atoms with Crippen LogP contribution in [0.5, 0.6) is 0 Å². The highest BCUT2D eigenvalue weighted by atomic mass is 19.1. The van der Waals surface area contributed by atoms with Crippen molar-refractivity contribution in [1.82, 2.24) is 4.90 Å². The molecule has 0 aromatic heterocycles. The molecule has 3 aliphatic rings. The number of rotatable bonds is 3. The summed E-state index contributed by atoms with van der Waals surface area (Å²) < 4.78 is 26.0. The van der Waals surface area contributed by atoms with Crippen molar-refractivity contribution in [3.05, 3.63) is 72.1 Å². The highest BCUT2D eigenvalue weighted by Crippen LogP contribution is 2.44. The van der Waals surface area contributed by atoms with Crippen LogP contribution in [0.3, 0.4) is 0 Å². The monoisotopic (exact) mass is 409 g/mol. The van der Waals surface area contributed by atoms with Crippen LogP contribution in [-0.2, 0) is 20.1 Å². The Kier molecular flexibility index (Phi) is 5.02. The fourth-order valence-corrected chi connectivity index (χ4v) is 4.36. The Morgan fingerprint density at radius 3 is 2.20 bits per heavy atom. The third-order valence-corrected chi connectivity index (χ3v) is 5.92. The lowest BCUT2D eigenvalue weighted by molar-refractivity contribution is -0.220. The summed E-state index contributed by atoms with van der Waals surface area (Å²) in [6.45, 7) is 3.97. The van der Waals surface area contributed by atoms with Gasteiger partial charge in [-0.3, -0.25) is 14.6 Å². The highest BCUT2D eigenvalue weighted by molar-refractivity contribution is 6.06. The molecule has 156 valence electrons. The Morgan fingerprint density at radius 1 is 0.867 bits per heavy atom. The first-order chi connectivity index (χ1) is 14.7. The van der Waals surface area contributed by atoms with Gasteiger partial charge in [0, 0.05) is 31.7 Å². The number of fused-ring (bicyclic) bond motifs is 2. The van der Waals surface area contributed by atoms with Gasteiger partial charge in [-0.2, -0.15) is 0 Å². The van der Waals surface area contributed by atoms with Crippen molar-refractivity contribution in [2.75, 3.05) is 55.9 Å². The van der Waals surface area contributed by atoms with E-state index >= 15 is 0 Å². The molecule has 0 bridgehead atoms. The van der Waals surface area contributed by atoms with Gasteiger partial charge in [0.15, 0.2) is 0 Å². The molecule has 2 aromatic rings. The smallest absolute Gasteiger partial charge is 0.293 e. The number of hydrogen-bond donors (Lipinski definition) is 0. The number of carbonyl (C=O) groups excluding carboxylic acids is 1. The molecule has 0 saturated carbocycles. The number of ether oxygens (including phenoxy) is 2. The van der Waals surface area contributed by atoms with Gasteiger partial charge in [0.2, 0.25) is 0 Å². The van der Waals surface area contributed by atoms with E-state index in [0.29, 0.717) is 38.7 Å². The van der Waals surface area contributed by atoms with E-state index in [1.54, 1.807) is 11.0 Å².